The number of carboxylic acids is 2. The number of carbonyl (C=O) groups is 2. The predicted molar refractivity (Wildman–Crippen MR) is 64.6 cm³/mol. The number of hydrogen-bond acceptors (Lipinski definition) is 2. The molecule has 0 bridgehead atoms. The third-order valence-corrected chi connectivity index (χ3v) is 2.51. The zero-order valence-electron chi connectivity index (χ0n) is 9.25. The normalized spacial score (nSPS) is 10.0. The van der Waals surface area contributed by atoms with E-state index in [0.717, 1.165) is 0 Å². The third kappa shape index (κ3) is 2.08. The van der Waals surface area contributed by atoms with Gasteiger partial charge in [-0.25, -0.2) is 9.59 Å². The monoisotopic (exact) mass is 241 g/mol. The van der Waals surface area contributed by atoms with Crippen LogP contribution < -0.4 is 0 Å². The van der Waals surface area contributed by atoms with E-state index in [4.69, 9.17) is 5.11 Å². The van der Waals surface area contributed by atoms with Crippen molar-refractivity contribution in [2.45, 2.75) is 0 Å². The van der Waals surface area contributed by atoms with Gasteiger partial charge >= 0.3 is 11.9 Å². The summed E-state index contributed by atoms with van der Waals surface area (Å²) in [5.74, 6) is -2.52. The maximum absolute atomic E-state index is 11.2. The van der Waals surface area contributed by atoms with Crippen LogP contribution in [-0.2, 0) is 0 Å². The van der Waals surface area contributed by atoms with Crippen molar-refractivity contribution in [3.8, 4) is 11.1 Å². The van der Waals surface area contributed by atoms with Crippen molar-refractivity contribution in [3.63, 3.8) is 0 Å². The summed E-state index contributed by atoms with van der Waals surface area (Å²) < 4.78 is 0. The van der Waals surface area contributed by atoms with Gasteiger partial charge in [-0.05, 0) is 23.3 Å². The van der Waals surface area contributed by atoms with Crippen LogP contribution in [0.25, 0.3) is 11.1 Å². The minimum absolute atomic E-state index is 0.215. The minimum atomic E-state index is -1.26. The van der Waals surface area contributed by atoms with Gasteiger partial charge in [0.25, 0.3) is 0 Å². The first-order valence-electron chi connectivity index (χ1n) is 5.18. The lowest BCUT2D eigenvalue weighted by Crippen LogP contribution is -2.09. The summed E-state index contributed by atoms with van der Waals surface area (Å²) in [6.45, 7) is 0. The largest absolute Gasteiger partial charge is 0.478 e. The second-order valence-corrected chi connectivity index (χ2v) is 3.61. The minimum Gasteiger partial charge on any atom is -0.478 e. The zero-order chi connectivity index (χ0) is 13.1. The van der Waals surface area contributed by atoms with Crippen LogP contribution in [0.2, 0.25) is 0 Å². The van der Waals surface area contributed by atoms with Crippen LogP contribution in [0, 0.1) is 6.07 Å². The summed E-state index contributed by atoms with van der Waals surface area (Å²) in [6.07, 6.45) is 0. The molecule has 2 rings (SSSR count). The Hall–Kier alpha value is -2.62. The molecule has 2 aromatic rings. The molecular formula is C14H9O4. The van der Waals surface area contributed by atoms with E-state index >= 15 is 0 Å². The average molecular weight is 241 g/mol. The Kier molecular flexibility index (Phi) is 3.10. The van der Waals surface area contributed by atoms with Gasteiger partial charge in [0.2, 0.25) is 0 Å². The Labute approximate surface area is 103 Å². The van der Waals surface area contributed by atoms with Crippen LogP contribution in [-0.4, -0.2) is 22.2 Å². The molecule has 89 valence electrons. The van der Waals surface area contributed by atoms with Crippen molar-refractivity contribution < 1.29 is 19.8 Å². The van der Waals surface area contributed by atoms with E-state index in [0.29, 0.717) is 11.1 Å². The van der Waals surface area contributed by atoms with Crippen LogP contribution in [0.5, 0.6) is 0 Å². The smallest absolute Gasteiger partial charge is 0.337 e. The lowest BCUT2D eigenvalue weighted by atomic mass is 9.95. The molecule has 0 fully saturated rings. The Morgan fingerprint density at radius 1 is 0.944 bits per heavy atom. The van der Waals surface area contributed by atoms with Crippen molar-refractivity contribution in [1.82, 2.24) is 0 Å². The van der Waals surface area contributed by atoms with Gasteiger partial charge < -0.3 is 10.2 Å². The fourth-order valence-corrected chi connectivity index (χ4v) is 1.75. The third-order valence-electron chi connectivity index (χ3n) is 2.51. The standard InChI is InChI=1S/C14H9O4/c15-13(16)11-8-4-7-10(12(11)14(17)18)9-5-2-1-3-6-9/h1-5,7-8H,(H,15,16)(H,17,18). The lowest BCUT2D eigenvalue weighted by Gasteiger charge is -2.08. The molecule has 18 heavy (non-hydrogen) atoms. The molecule has 4 nitrogen and oxygen atoms in total. The predicted octanol–water partition coefficient (Wildman–Crippen LogP) is 2.55. The van der Waals surface area contributed by atoms with Gasteiger partial charge in [-0.3, -0.25) is 0 Å². The summed E-state index contributed by atoms with van der Waals surface area (Å²) in [6, 6.07) is 14.1. The summed E-state index contributed by atoms with van der Waals surface area (Å²) in [7, 11) is 0. The van der Waals surface area contributed by atoms with E-state index in [1.807, 2.05) is 0 Å². The quantitative estimate of drug-likeness (QED) is 0.865. The number of hydrogen-bond donors (Lipinski definition) is 2. The van der Waals surface area contributed by atoms with Gasteiger partial charge in [-0.15, -0.1) is 0 Å². The van der Waals surface area contributed by atoms with Gasteiger partial charge in [-0.1, -0.05) is 36.4 Å². The second-order valence-electron chi connectivity index (χ2n) is 3.61. The summed E-state index contributed by atoms with van der Waals surface area (Å²) >= 11 is 0. The Morgan fingerprint density at radius 2 is 1.72 bits per heavy atom. The second kappa shape index (κ2) is 4.71. The molecule has 0 aliphatic heterocycles. The van der Waals surface area contributed by atoms with Crippen LogP contribution >= 0.6 is 0 Å². The molecule has 0 atom stereocenters. The molecule has 1 radical (unpaired) electrons. The first-order chi connectivity index (χ1) is 8.61. The summed E-state index contributed by atoms with van der Waals surface area (Å²) in [5.41, 5.74) is 0.464. The maximum atomic E-state index is 11.2. The van der Waals surface area contributed by atoms with E-state index in [9.17, 15) is 14.7 Å². The number of rotatable bonds is 3. The molecular weight excluding hydrogens is 232 g/mol. The molecule has 0 aromatic heterocycles. The van der Waals surface area contributed by atoms with E-state index in [-0.39, 0.29) is 11.1 Å². The highest BCUT2D eigenvalue weighted by molar-refractivity contribution is 6.06. The van der Waals surface area contributed by atoms with Crippen LogP contribution in [0.3, 0.4) is 0 Å². The highest BCUT2D eigenvalue weighted by Gasteiger charge is 2.20. The van der Waals surface area contributed by atoms with Gasteiger partial charge in [0, 0.05) is 0 Å². The van der Waals surface area contributed by atoms with Gasteiger partial charge in [0.15, 0.2) is 0 Å². The van der Waals surface area contributed by atoms with Crippen molar-refractivity contribution in [2.24, 2.45) is 0 Å². The lowest BCUT2D eigenvalue weighted by molar-refractivity contribution is 0.0652. The molecule has 2 N–H and O–H groups in total. The van der Waals surface area contributed by atoms with Crippen molar-refractivity contribution >= 4 is 11.9 Å². The Bertz CT molecular complexity index is 602. The molecule has 0 aliphatic carbocycles. The van der Waals surface area contributed by atoms with E-state index in [2.05, 4.69) is 6.07 Å². The van der Waals surface area contributed by atoms with Gasteiger partial charge in [0.05, 0.1) is 11.1 Å². The first kappa shape index (κ1) is 11.9. The fourth-order valence-electron chi connectivity index (χ4n) is 1.75. The molecule has 0 unspecified atom stereocenters. The van der Waals surface area contributed by atoms with Crippen LogP contribution in [0.15, 0.2) is 42.5 Å². The van der Waals surface area contributed by atoms with E-state index in [1.54, 1.807) is 30.3 Å². The highest BCUT2D eigenvalue weighted by atomic mass is 16.4. The summed E-state index contributed by atoms with van der Waals surface area (Å²) in [5, 5.41) is 18.2. The van der Waals surface area contributed by atoms with Crippen molar-refractivity contribution in [3.05, 3.63) is 59.7 Å². The number of aromatic carboxylic acids is 2. The fraction of sp³-hybridized carbons (Fsp3) is 0. The highest BCUT2D eigenvalue weighted by Crippen LogP contribution is 2.26. The van der Waals surface area contributed by atoms with Crippen LogP contribution in [0.4, 0.5) is 0 Å². The summed E-state index contributed by atoms with van der Waals surface area (Å²) in [4.78, 5) is 22.3. The zero-order valence-corrected chi connectivity index (χ0v) is 9.25. The first-order valence-corrected chi connectivity index (χ1v) is 5.18. The molecule has 2 aromatic carbocycles. The van der Waals surface area contributed by atoms with Gasteiger partial charge in [-0.2, -0.15) is 0 Å². The Balaban J connectivity index is 2.72. The van der Waals surface area contributed by atoms with Crippen LogP contribution in [0.1, 0.15) is 20.7 Å². The van der Waals surface area contributed by atoms with E-state index < -0.39 is 11.9 Å². The number of benzene rings is 2. The molecule has 4 heteroatoms. The SMILES string of the molecule is O=C(O)c1cccc(-c2[c]cccc2)c1C(=O)O. The molecule has 0 saturated carbocycles. The molecule has 0 spiro atoms. The maximum Gasteiger partial charge on any atom is 0.337 e. The molecule has 0 saturated heterocycles. The topological polar surface area (TPSA) is 74.6 Å². The average Bonchev–Trinajstić information content (AvgIpc) is 2.38. The van der Waals surface area contributed by atoms with E-state index in [1.165, 1.54) is 12.1 Å². The van der Waals surface area contributed by atoms with Crippen molar-refractivity contribution in [1.29, 1.82) is 0 Å². The Morgan fingerprint density at radius 3 is 2.28 bits per heavy atom. The number of carboxylic acid groups (broad SMARTS) is 2. The van der Waals surface area contributed by atoms with Gasteiger partial charge in [0.1, 0.15) is 0 Å². The molecule has 0 aliphatic rings. The molecule has 0 amide bonds. The van der Waals surface area contributed by atoms with Crippen molar-refractivity contribution in [2.75, 3.05) is 0 Å². The molecule has 0 heterocycles.